The van der Waals surface area contributed by atoms with Crippen LogP contribution in [0.1, 0.15) is 12.0 Å². The van der Waals surface area contributed by atoms with Crippen LogP contribution >= 0.6 is 11.8 Å². The largest absolute Gasteiger partial charge is 0.442 e. The van der Waals surface area contributed by atoms with Gasteiger partial charge >= 0.3 is 6.09 Å². The molecule has 4 rings (SSSR count). The summed E-state index contributed by atoms with van der Waals surface area (Å²) in [5.41, 5.74) is 2.17. The highest BCUT2D eigenvalue weighted by molar-refractivity contribution is 7.99. The van der Waals surface area contributed by atoms with Crippen molar-refractivity contribution in [1.29, 1.82) is 0 Å². The molecule has 1 amide bonds. The van der Waals surface area contributed by atoms with E-state index in [1.54, 1.807) is 29.2 Å². The molecule has 1 aromatic heterocycles. The van der Waals surface area contributed by atoms with Crippen molar-refractivity contribution >= 4 is 29.1 Å². The van der Waals surface area contributed by atoms with Crippen molar-refractivity contribution in [3.05, 3.63) is 48.0 Å². The zero-order valence-corrected chi connectivity index (χ0v) is 14.3. The Bertz CT molecular complexity index is 809. The highest BCUT2D eigenvalue weighted by atomic mass is 32.2. The Hall–Kier alpha value is -2.35. The molecule has 8 heteroatoms. The van der Waals surface area contributed by atoms with Crippen LogP contribution in [0.15, 0.2) is 36.7 Å². The van der Waals surface area contributed by atoms with Crippen LogP contribution in [0, 0.1) is 5.82 Å². The average molecular weight is 360 g/mol. The van der Waals surface area contributed by atoms with E-state index in [0.717, 1.165) is 23.5 Å². The summed E-state index contributed by atoms with van der Waals surface area (Å²) in [7, 11) is 0. The molecule has 0 radical (unpaired) electrons. The van der Waals surface area contributed by atoms with E-state index in [1.165, 1.54) is 11.0 Å². The van der Waals surface area contributed by atoms with Gasteiger partial charge in [-0.3, -0.25) is 4.90 Å². The molecule has 3 heterocycles. The van der Waals surface area contributed by atoms with Gasteiger partial charge < -0.3 is 4.74 Å². The number of hydrogen-bond acceptors (Lipinski definition) is 5. The number of carbonyl (C=O) groups is 1. The fraction of sp³-hybridized carbons (Fsp3) is 0.353. The van der Waals surface area contributed by atoms with Gasteiger partial charge in [0, 0.05) is 17.5 Å². The number of thioether (sulfide) groups is 1. The second kappa shape index (κ2) is 6.87. The van der Waals surface area contributed by atoms with Gasteiger partial charge in [0.1, 0.15) is 11.9 Å². The summed E-state index contributed by atoms with van der Waals surface area (Å²) in [6.07, 6.45) is 5.42. The van der Waals surface area contributed by atoms with E-state index in [1.807, 2.05) is 11.8 Å². The molecule has 1 aromatic carbocycles. The minimum absolute atomic E-state index is 0.303. The Kier molecular flexibility index (Phi) is 4.44. The Balaban J connectivity index is 1.50. The van der Waals surface area contributed by atoms with Crippen LogP contribution in [0.5, 0.6) is 0 Å². The lowest BCUT2D eigenvalue weighted by Gasteiger charge is -2.17. The molecule has 6 nitrogen and oxygen atoms in total. The van der Waals surface area contributed by atoms with Crippen LogP contribution in [0.4, 0.5) is 14.9 Å². The molecule has 130 valence electrons. The molecule has 2 aromatic rings. The van der Waals surface area contributed by atoms with Gasteiger partial charge in [0.25, 0.3) is 0 Å². The molecule has 0 saturated carbocycles. The third kappa shape index (κ3) is 3.39. The molecule has 0 bridgehead atoms. The Labute approximate surface area is 148 Å². The van der Waals surface area contributed by atoms with Crippen molar-refractivity contribution in [2.75, 3.05) is 23.0 Å². The first-order chi connectivity index (χ1) is 12.2. The fourth-order valence-electron chi connectivity index (χ4n) is 3.07. The molecule has 0 N–H and O–H groups in total. The number of allylic oxidation sites excluding steroid dienone is 1. The summed E-state index contributed by atoms with van der Waals surface area (Å²) in [4.78, 5) is 13.6. The lowest BCUT2D eigenvalue weighted by atomic mass is 10.0. The smallest absolute Gasteiger partial charge is 0.414 e. The number of amides is 1. The van der Waals surface area contributed by atoms with Gasteiger partial charge in [-0.1, -0.05) is 11.3 Å². The van der Waals surface area contributed by atoms with E-state index in [0.29, 0.717) is 24.3 Å². The summed E-state index contributed by atoms with van der Waals surface area (Å²) < 4.78 is 21.5. The molecule has 1 atom stereocenters. The molecule has 1 saturated heterocycles. The first-order valence-corrected chi connectivity index (χ1v) is 9.25. The Morgan fingerprint density at radius 1 is 1.40 bits per heavy atom. The van der Waals surface area contributed by atoms with Crippen LogP contribution in [0.25, 0.3) is 5.57 Å². The van der Waals surface area contributed by atoms with Crippen LogP contribution in [0.2, 0.25) is 0 Å². The van der Waals surface area contributed by atoms with Gasteiger partial charge in [-0.05, 0) is 35.9 Å². The summed E-state index contributed by atoms with van der Waals surface area (Å²) >= 11 is 1.84. The van der Waals surface area contributed by atoms with E-state index in [2.05, 4.69) is 16.4 Å². The van der Waals surface area contributed by atoms with Crippen molar-refractivity contribution in [3.8, 4) is 0 Å². The Morgan fingerprint density at radius 2 is 2.32 bits per heavy atom. The summed E-state index contributed by atoms with van der Waals surface area (Å²) in [5, 5.41) is 7.60. The normalized spacial score (nSPS) is 20.5. The number of cyclic esters (lactones) is 1. The van der Waals surface area contributed by atoms with Gasteiger partial charge in [-0.15, -0.1) is 5.10 Å². The second-order valence-electron chi connectivity index (χ2n) is 5.96. The maximum Gasteiger partial charge on any atom is 0.414 e. The van der Waals surface area contributed by atoms with Crippen LogP contribution < -0.4 is 4.90 Å². The highest BCUT2D eigenvalue weighted by Crippen LogP contribution is 2.31. The van der Waals surface area contributed by atoms with Crippen molar-refractivity contribution < 1.29 is 13.9 Å². The number of rotatable bonds is 4. The summed E-state index contributed by atoms with van der Waals surface area (Å²) in [5.74, 6) is 1.62. The van der Waals surface area contributed by atoms with Gasteiger partial charge in [-0.25, -0.2) is 13.9 Å². The maximum atomic E-state index is 14.6. The predicted molar refractivity (Wildman–Crippen MR) is 94.0 cm³/mol. The van der Waals surface area contributed by atoms with Gasteiger partial charge in [-0.2, -0.15) is 11.8 Å². The number of benzene rings is 1. The average Bonchev–Trinajstić information content (AvgIpc) is 3.25. The van der Waals surface area contributed by atoms with E-state index < -0.39 is 6.09 Å². The first-order valence-electron chi connectivity index (χ1n) is 8.09. The lowest BCUT2D eigenvalue weighted by molar-refractivity contribution is 0.129. The number of anilines is 1. The van der Waals surface area contributed by atoms with Gasteiger partial charge in [0.15, 0.2) is 0 Å². The van der Waals surface area contributed by atoms with Crippen molar-refractivity contribution in [2.45, 2.75) is 19.1 Å². The van der Waals surface area contributed by atoms with E-state index in [9.17, 15) is 9.18 Å². The SMILES string of the molecule is O=C1OC(Cn2ccnn2)CN1c1ccc(C2=CCSCC2)c(F)c1. The number of halogens is 1. The number of carbonyl (C=O) groups excluding carboxylic acids is 1. The van der Waals surface area contributed by atoms with E-state index in [4.69, 9.17) is 4.74 Å². The first kappa shape index (κ1) is 16.1. The third-order valence-corrected chi connectivity index (χ3v) is 5.21. The molecular formula is C17H17FN4O2S. The maximum absolute atomic E-state index is 14.6. The minimum Gasteiger partial charge on any atom is -0.442 e. The van der Waals surface area contributed by atoms with Crippen molar-refractivity contribution in [3.63, 3.8) is 0 Å². The summed E-state index contributed by atoms with van der Waals surface area (Å²) in [6, 6.07) is 4.95. The molecule has 2 aliphatic rings. The van der Waals surface area contributed by atoms with Crippen LogP contribution in [0.3, 0.4) is 0 Å². The quantitative estimate of drug-likeness (QED) is 0.839. The molecule has 0 aliphatic carbocycles. The van der Waals surface area contributed by atoms with E-state index >= 15 is 0 Å². The molecule has 0 spiro atoms. The minimum atomic E-state index is -0.467. The topological polar surface area (TPSA) is 60.3 Å². The van der Waals surface area contributed by atoms with E-state index in [-0.39, 0.29) is 11.9 Å². The zero-order valence-electron chi connectivity index (χ0n) is 13.5. The zero-order chi connectivity index (χ0) is 17.2. The van der Waals surface area contributed by atoms with Crippen molar-refractivity contribution in [1.82, 2.24) is 15.0 Å². The number of hydrogen-bond donors (Lipinski definition) is 0. The Morgan fingerprint density at radius 3 is 3.04 bits per heavy atom. The van der Waals surface area contributed by atoms with Gasteiger partial charge in [0.05, 0.1) is 25.0 Å². The second-order valence-corrected chi connectivity index (χ2v) is 7.11. The van der Waals surface area contributed by atoms with Gasteiger partial charge in [0.2, 0.25) is 0 Å². The highest BCUT2D eigenvalue weighted by Gasteiger charge is 2.33. The molecule has 25 heavy (non-hydrogen) atoms. The van der Waals surface area contributed by atoms with Crippen molar-refractivity contribution in [2.24, 2.45) is 0 Å². The fourth-order valence-corrected chi connectivity index (χ4v) is 3.92. The molecule has 2 aliphatic heterocycles. The number of ether oxygens (including phenoxy) is 1. The molecule has 1 fully saturated rings. The lowest BCUT2D eigenvalue weighted by Crippen LogP contribution is -2.26. The third-order valence-electron chi connectivity index (χ3n) is 4.31. The summed E-state index contributed by atoms with van der Waals surface area (Å²) in [6.45, 7) is 0.782. The predicted octanol–water partition coefficient (Wildman–Crippen LogP) is 2.96. The van der Waals surface area contributed by atoms with Crippen LogP contribution in [-0.4, -0.2) is 45.2 Å². The van der Waals surface area contributed by atoms with Crippen LogP contribution in [-0.2, 0) is 11.3 Å². The molecular weight excluding hydrogens is 343 g/mol. The number of aromatic nitrogens is 3. The number of nitrogens with zero attached hydrogens (tertiary/aromatic N) is 4. The standard InChI is InChI=1S/C17H17FN4O2S/c18-16-9-13(1-2-15(16)12-3-7-25-8-4-12)22-11-14(24-17(22)23)10-21-6-5-19-20-21/h1-3,5-6,9,14H,4,7-8,10-11H2. The monoisotopic (exact) mass is 360 g/mol. The molecule has 1 unspecified atom stereocenters.